The lowest BCUT2D eigenvalue weighted by Gasteiger charge is -2.35. The van der Waals surface area contributed by atoms with Crippen molar-refractivity contribution in [3.63, 3.8) is 0 Å². The minimum absolute atomic E-state index is 0.0219. The summed E-state index contributed by atoms with van der Waals surface area (Å²) in [5, 5.41) is 14.3. The largest absolute Gasteiger partial charge is 0.363 e. The number of hydrogen-bond donors (Lipinski definition) is 1. The summed E-state index contributed by atoms with van der Waals surface area (Å²) in [6.45, 7) is 6.38. The van der Waals surface area contributed by atoms with Gasteiger partial charge in [-0.05, 0) is 32.3 Å². The number of rotatable bonds is 4. The van der Waals surface area contributed by atoms with E-state index in [0.717, 1.165) is 25.8 Å². The van der Waals surface area contributed by atoms with Crippen molar-refractivity contribution in [1.82, 2.24) is 0 Å². The van der Waals surface area contributed by atoms with E-state index < -0.39 is 4.92 Å². The molecule has 0 aliphatic carbocycles. The van der Waals surface area contributed by atoms with Crippen molar-refractivity contribution in [2.75, 3.05) is 16.8 Å². The monoisotopic (exact) mass is 339 g/mol. The number of carbonyl (C=O) groups is 1. The second-order valence-corrected chi connectivity index (χ2v) is 6.67. The zero-order valence-electron chi connectivity index (χ0n) is 13.6. The second kappa shape index (κ2) is 7.17. The summed E-state index contributed by atoms with van der Waals surface area (Å²) >= 11 is 6.13. The third-order valence-electron chi connectivity index (χ3n) is 4.16. The first-order valence-electron chi connectivity index (χ1n) is 7.86. The quantitative estimate of drug-likeness (QED) is 0.658. The van der Waals surface area contributed by atoms with Crippen molar-refractivity contribution in [3.05, 3.63) is 27.3 Å². The molecule has 1 aliphatic rings. The van der Waals surface area contributed by atoms with Crippen LogP contribution in [-0.2, 0) is 4.79 Å². The maximum atomic E-state index is 11.9. The lowest BCUT2D eigenvalue weighted by atomic mass is 10.0. The smallest absolute Gasteiger partial charge is 0.294 e. The summed E-state index contributed by atoms with van der Waals surface area (Å²) in [4.78, 5) is 24.9. The highest BCUT2D eigenvalue weighted by molar-refractivity contribution is 6.34. The van der Waals surface area contributed by atoms with E-state index in [2.05, 4.69) is 12.2 Å². The highest BCUT2D eigenvalue weighted by atomic mass is 35.5. The van der Waals surface area contributed by atoms with E-state index in [1.165, 1.54) is 6.07 Å². The lowest BCUT2D eigenvalue weighted by Crippen LogP contribution is -2.37. The Labute approximate surface area is 141 Å². The van der Waals surface area contributed by atoms with Gasteiger partial charge in [-0.2, -0.15) is 0 Å². The third-order valence-corrected chi connectivity index (χ3v) is 4.47. The standard InChI is InChI=1S/C16H22ClN3O3/c1-10(2)16(21)18-13-9-14(15(20(22)23)8-12(13)17)19-7-5-4-6-11(19)3/h8-11H,4-7H2,1-3H3,(H,18,21)/t11-/m0/s1. The molecule has 0 aromatic heterocycles. The molecule has 1 saturated heterocycles. The Morgan fingerprint density at radius 2 is 2.13 bits per heavy atom. The molecule has 1 heterocycles. The van der Waals surface area contributed by atoms with Gasteiger partial charge < -0.3 is 10.2 Å². The zero-order chi connectivity index (χ0) is 17.1. The summed E-state index contributed by atoms with van der Waals surface area (Å²) in [5.74, 6) is -0.364. The molecule has 1 atom stereocenters. The Bertz CT molecular complexity index is 619. The van der Waals surface area contributed by atoms with Crippen LogP contribution in [0.2, 0.25) is 5.02 Å². The number of nitrogens with zero attached hydrogens (tertiary/aromatic N) is 2. The number of carbonyl (C=O) groups excluding carboxylic acids is 1. The van der Waals surface area contributed by atoms with Crippen LogP contribution in [0.3, 0.4) is 0 Å². The number of amides is 1. The van der Waals surface area contributed by atoms with Crippen LogP contribution < -0.4 is 10.2 Å². The van der Waals surface area contributed by atoms with Gasteiger partial charge in [-0.3, -0.25) is 14.9 Å². The molecule has 23 heavy (non-hydrogen) atoms. The number of nitrogens with one attached hydrogen (secondary N) is 1. The van der Waals surface area contributed by atoms with E-state index in [4.69, 9.17) is 11.6 Å². The first kappa shape index (κ1) is 17.5. The molecule has 0 saturated carbocycles. The van der Waals surface area contributed by atoms with Gasteiger partial charge in [-0.1, -0.05) is 25.4 Å². The highest BCUT2D eigenvalue weighted by Crippen LogP contribution is 2.39. The van der Waals surface area contributed by atoms with Crippen LogP contribution in [0.1, 0.15) is 40.0 Å². The maximum Gasteiger partial charge on any atom is 0.294 e. The van der Waals surface area contributed by atoms with Gasteiger partial charge in [-0.15, -0.1) is 0 Å². The minimum atomic E-state index is -0.420. The Morgan fingerprint density at radius 1 is 1.43 bits per heavy atom. The van der Waals surface area contributed by atoms with Crippen molar-refractivity contribution in [1.29, 1.82) is 0 Å². The van der Waals surface area contributed by atoms with Crippen LogP contribution in [0, 0.1) is 16.0 Å². The van der Waals surface area contributed by atoms with E-state index in [9.17, 15) is 14.9 Å². The van der Waals surface area contributed by atoms with Crippen LogP contribution in [0.4, 0.5) is 17.1 Å². The molecule has 6 nitrogen and oxygen atoms in total. The Kier molecular flexibility index (Phi) is 5.46. The molecule has 0 unspecified atom stereocenters. The van der Waals surface area contributed by atoms with E-state index in [-0.39, 0.29) is 28.6 Å². The zero-order valence-corrected chi connectivity index (χ0v) is 14.4. The number of hydrogen-bond acceptors (Lipinski definition) is 4. The van der Waals surface area contributed by atoms with Crippen molar-refractivity contribution < 1.29 is 9.72 Å². The molecule has 0 bridgehead atoms. The summed E-state index contributed by atoms with van der Waals surface area (Å²) in [6, 6.07) is 3.17. The van der Waals surface area contributed by atoms with Crippen molar-refractivity contribution in [2.24, 2.45) is 5.92 Å². The Hall–Kier alpha value is -1.82. The van der Waals surface area contributed by atoms with Crippen molar-refractivity contribution in [2.45, 2.75) is 46.1 Å². The molecule has 2 rings (SSSR count). The van der Waals surface area contributed by atoms with Gasteiger partial charge in [0.2, 0.25) is 5.91 Å². The van der Waals surface area contributed by atoms with Crippen molar-refractivity contribution in [3.8, 4) is 0 Å². The normalized spacial score (nSPS) is 18.1. The van der Waals surface area contributed by atoms with E-state index in [1.807, 2.05) is 4.90 Å². The van der Waals surface area contributed by atoms with E-state index in [1.54, 1.807) is 19.9 Å². The van der Waals surface area contributed by atoms with Crippen LogP contribution in [0.5, 0.6) is 0 Å². The number of benzene rings is 1. The molecule has 1 aromatic carbocycles. The molecule has 1 N–H and O–H groups in total. The molecule has 1 fully saturated rings. The van der Waals surface area contributed by atoms with Gasteiger partial charge in [0.1, 0.15) is 5.69 Å². The topological polar surface area (TPSA) is 75.5 Å². The average Bonchev–Trinajstić information content (AvgIpc) is 2.49. The fourth-order valence-electron chi connectivity index (χ4n) is 2.76. The number of nitro benzene ring substituents is 1. The highest BCUT2D eigenvalue weighted by Gasteiger charge is 2.27. The molecular formula is C16H22ClN3O3. The van der Waals surface area contributed by atoms with Crippen LogP contribution in [-0.4, -0.2) is 23.4 Å². The summed E-state index contributed by atoms with van der Waals surface area (Å²) < 4.78 is 0. The van der Waals surface area contributed by atoms with Gasteiger partial charge >= 0.3 is 0 Å². The predicted molar refractivity (Wildman–Crippen MR) is 92.2 cm³/mol. The maximum absolute atomic E-state index is 11.9. The second-order valence-electron chi connectivity index (χ2n) is 6.26. The third kappa shape index (κ3) is 3.93. The lowest BCUT2D eigenvalue weighted by molar-refractivity contribution is -0.384. The molecule has 0 radical (unpaired) electrons. The molecule has 1 amide bonds. The predicted octanol–water partition coefficient (Wildman–Crippen LogP) is 4.22. The molecular weight excluding hydrogens is 318 g/mol. The molecule has 7 heteroatoms. The SMILES string of the molecule is CC(C)C(=O)Nc1cc(N2CCCC[C@@H]2C)c([N+](=O)[O-])cc1Cl. The number of nitro groups is 1. The Morgan fingerprint density at radius 3 is 2.70 bits per heavy atom. The average molecular weight is 340 g/mol. The summed E-state index contributed by atoms with van der Waals surface area (Å²) in [6.07, 6.45) is 3.11. The Balaban J connectivity index is 2.45. The van der Waals surface area contributed by atoms with Crippen LogP contribution >= 0.6 is 11.6 Å². The number of halogens is 1. The van der Waals surface area contributed by atoms with Gasteiger partial charge in [0.05, 0.1) is 15.6 Å². The van der Waals surface area contributed by atoms with Gasteiger partial charge in [0, 0.05) is 24.6 Å². The number of piperidine rings is 1. The molecule has 1 aromatic rings. The minimum Gasteiger partial charge on any atom is -0.363 e. The fraction of sp³-hybridized carbons (Fsp3) is 0.562. The van der Waals surface area contributed by atoms with Gasteiger partial charge in [-0.25, -0.2) is 0 Å². The molecule has 0 spiro atoms. The van der Waals surface area contributed by atoms with Gasteiger partial charge in [0.25, 0.3) is 5.69 Å². The van der Waals surface area contributed by atoms with Crippen LogP contribution in [0.15, 0.2) is 12.1 Å². The molecule has 126 valence electrons. The van der Waals surface area contributed by atoms with E-state index in [0.29, 0.717) is 11.4 Å². The van der Waals surface area contributed by atoms with Gasteiger partial charge in [0.15, 0.2) is 0 Å². The number of anilines is 2. The summed E-state index contributed by atoms with van der Waals surface area (Å²) in [5.41, 5.74) is 0.917. The van der Waals surface area contributed by atoms with E-state index >= 15 is 0 Å². The first-order valence-corrected chi connectivity index (χ1v) is 8.24. The summed E-state index contributed by atoms with van der Waals surface area (Å²) in [7, 11) is 0. The van der Waals surface area contributed by atoms with Crippen molar-refractivity contribution >= 4 is 34.6 Å². The van der Waals surface area contributed by atoms with Crippen LogP contribution in [0.25, 0.3) is 0 Å². The fourth-order valence-corrected chi connectivity index (χ4v) is 2.96. The molecule has 1 aliphatic heterocycles. The first-order chi connectivity index (χ1) is 10.8.